The molecule has 5 aromatic rings. The molecule has 0 bridgehead atoms. The second-order valence-electron chi connectivity index (χ2n) is 6.41. The Morgan fingerprint density at radius 2 is 1.87 bits per heavy atom. The Kier molecular flexibility index (Phi) is 4.21. The topological polar surface area (TPSA) is 173 Å². The highest BCUT2D eigenvalue weighted by atomic mass is 16.6. The number of anilines is 1. The second kappa shape index (κ2) is 7.18. The van der Waals surface area contributed by atoms with Gasteiger partial charge in [0.2, 0.25) is 17.5 Å². The molecule has 3 heterocycles. The first kappa shape index (κ1) is 18.2. The number of nitrogen functional groups attached to an aromatic ring is 1. The van der Waals surface area contributed by atoms with Gasteiger partial charge in [0, 0.05) is 10.9 Å². The van der Waals surface area contributed by atoms with Gasteiger partial charge in [-0.15, -0.1) is 15.3 Å². The van der Waals surface area contributed by atoms with Crippen LogP contribution in [0.5, 0.6) is 5.88 Å². The minimum atomic E-state index is -0.773. The van der Waals surface area contributed by atoms with Gasteiger partial charge in [0.05, 0.1) is 5.52 Å². The van der Waals surface area contributed by atoms with E-state index in [1.54, 1.807) is 48.5 Å². The van der Waals surface area contributed by atoms with Gasteiger partial charge in [0.15, 0.2) is 11.4 Å². The van der Waals surface area contributed by atoms with E-state index in [1.807, 2.05) is 6.07 Å². The number of nitrogens with one attached hydrogen (secondary N) is 1. The molecule has 31 heavy (non-hydrogen) atoms. The van der Waals surface area contributed by atoms with Crippen LogP contribution in [-0.2, 0) is 0 Å². The van der Waals surface area contributed by atoms with Crippen molar-refractivity contribution in [3.8, 4) is 23.0 Å². The van der Waals surface area contributed by atoms with Crippen LogP contribution in [0.2, 0.25) is 0 Å². The molecule has 5 rings (SSSR count). The molecule has 0 aliphatic heterocycles. The third kappa shape index (κ3) is 3.07. The number of carbonyl (C=O) groups excluding carboxylic acids is 1. The lowest BCUT2D eigenvalue weighted by atomic mass is 10.1. The fraction of sp³-hybridized carbons (Fsp3) is 0. The van der Waals surface area contributed by atoms with Crippen molar-refractivity contribution in [3.63, 3.8) is 0 Å². The number of aromatic hydroxyl groups is 1. The van der Waals surface area contributed by atoms with Crippen molar-refractivity contribution in [2.24, 2.45) is 10.2 Å². The van der Waals surface area contributed by atoms with Gasteiger partial charge in [-0.25, -0.2) is 4.63 Å². The molecule has 0 spiro atoms. The number of benzene rings is 2. The summed E-state index contributed by atoms with van der Waals surface area (Å²) in [5.74, 6) is -0.918. The van der Waals surface area contributed by atoms with E-state index in [-0.39, 0.29) is 34.6 Å². The van der Waals surface area contributed by atoms with Crippen molar-refractivity contribution in [3.05, 3.63) is 60.3 Å². The Bertz CT molecular complexity index is 1430. The minimum absolute atomic E-state index is 0.0218. The fourth-order valence-electron chi connectivity index (χ4n) is 3.12. The Morgan fingerprint density at radius 1 is 1.10 bits per heavy atom. The maximum atomic E-state index is 12.9. The van der Waals surface area contributed by atoms with E-state index < -0.39 is 5.91 Å². The number of fused-ring (bicyclic) bond motifs is 1. The zero-order valence-electron chi connectivity index (χ0n) is 15.7. The van der Waals surface area contributed by atoms with Gasteiger partial charge >= 0.3 is 5.91 Å². The zero-order valence-corrected chi connectivity index (χ0v) is 15.7. The molecule has 0 aliphatic rings. The zero-order chi connectivity index (χ0) is 21.4. The molecule has 12 heteroatoms. The van der Waals surface area contributed by atoms with E-state index in [9.17, 15) is 9.90 Å². The first-order valence-electron chi connectivity index (χ1n) is 8.98. The van der Waals surface area contributed by atoms with Gasteiger partial charge in [-0.3, -0.25) is 4.79 Å². The van der Waals surface area contributed by atoms with Gasteiger partial charge in [-0.2, -0.15) is 4.68 Å². The molecule has 1 amide bonds. The summed E-state index contributed by atoms with van der Waals surface area (Å²) in [6, 6.07) is 16.0. The van der Waals surface area contributed by atoms with Crippen LogP contribution in [0.3, 0.4) is 0 Å². The molecular formula is C19H13N9O3. The van der Waals surface area contributed by atoms with Crippen molar-refractivity contribution in [1.29, 1.82) is 0 Å². The summed E-state index contributed by atoms with van der Waals surface area (Å²) in [5.41, 5.74) is 7.40. The molecule has 4 N–H and O–H groups in total. The molecule has 0 saturated carbocycles. The summed E-state index contributed by atoms with van der Waals surface area (Å²) in [6.45, 7) is 0. The van der Waals surface area contributed by atoms with Gasteiger partial charge in [-0.1, -0.05) is 53.7 Å². The molecule has 0 radical (unpaired) electrons. The largest absolute Gasteiger partial charge is 0.493 e. The van der Waals surface area contributed by atoms with Crippen LogP contribution < -0.4 is 5.73 Å². The summed E-state index contributed by atoms with van der Waals surface area (Å²) in [4.78, 5) is 15.7. The summed E-state index contributed by atoms with van der Waals surface area (Å²) in [6.07, 6.45) is 0. The maximum absolute atomic E-state index is 12.9. The van der Waals surface area contributed by atoms with E-state index in [0.717, 1.165) is 0 Å². The first-order chi connectivity index (χ1) is 15.1. The van der Waals surface area contributed by atoms with Crippen molar-refractivity contribution in [2.45, 2.75) is 0 Å². The summed E-state index contributed by atoms with van der Waals surface area (Å²) in [5, 5.41) is 33.6. The molecule has 0 fully saturated rings. The average molecular weight is 415 g/mol. The van der Waals surface area contributed by atoms with Crippen LogP contribution in [0.1, 0.15) is 10.5 Å². The van der Waals surface area contributed by atoms with E-state index in [0.29, 0.717) is 16.5 Å². The predicted octanol–water partition coefficient (Wildman–Crippen LogP) is 3.01. The van der Waals surface area contributed by atoms with Gasteiger partial charge in [0.25, 0.3) is 0 Å². The highest BCUT2D eigenvalue weighted by Crippen LogP contribution is 2.35. The van der Waals surface area contributed by atoms with E-state index in [4.69, 9.17) is 5.73 Å². The normalized spacial score (nSPS) is 11.5. The van der Waals surface area contributed by atoms with Crippen molar-refractivity contribution < 1.29 is 14.5 Å². The van der Waals surface area contributed by atoms with Crippen molar-refractivity contribution in [2.75, 3.05) is 5.73 Å². The van der Waals surface area contributed by atoms with E-state index in [2.05, 4.69) is 40.5 Å². The summed E-state index contributed by atoms with van der Waals surface area (Å²) >= 11 is 0. The monoisotopic (exact) mass is 415 g/mol. The molecule has 3 aromatic heterocycles. The molecule has 0 aliphatic carbocycles. The van der Waals surface area contributed by atoms with E-state index >= 15 is 0 Å². The van der Waals surface area contributed by atoms with Crippen LogP contribution in [0.15, 0.2) is 69.5 Å². The number of hydrogen-bond donors (Lipinski definition) is 3. The molecular weight excluding hydrogens is 402 g/mol. The van der Waals surface area contributed by atoms with Crippen LogP contribution in [-0.4, -0.2) is 41.3 Å². The highest BCUT2D eigenvalue weighted by molar-refractivity contribution is 5.99. The SMILES string of the molecule is Nc1nonc1-n1nnc(C(=O)N=Nc2c(O)[nH]c3ccccc23)c1-c1ccccc1. The van der Waals surface area contributed by atoms with Crippen LogP contribution in [0, 0.1) is 0 Å². The molecule has 2 aromatic carbocycles. The van der Waals surface area contributed by atoms with E-state index in [1.165, 1.54) is 4.68 Å². The molecule has 12 nitrogen and oxygen atoms in total. The number of aromatic nitrogens is 6. The van der Waals surface area contributed by atoms with Crippen LogP contribution in [0.25, 0.3) is 28.0 Å². The number of azo groups is 1. The lowest BCUT2D eigenvalue weighted by Gasteiger charge is -2.04. The number of aromatic amines is 1. The Hall–Kier alpha value is -4.87. The lowest BCUT2D eigenvalue weighted by Crippen LogP contribution is -2.05. The third-order valence-electron chi connectivity index (χ3n) is 4.52. The smallest absolute Gasteiger partial charge is 0.318 e. The van der Waals surface area contributed by atoms with Gasteiger partial charge in [-0.05, 0) is 16.4 Å². The second-order valence-corrected chi connectivity index (χ2v) is 6.41. The number of H-pyrrole nitrogens is 1. The number of nitrogens with two attached hydrogens (primary N) is 1. The predicted molar refractivity (Wildman–Crippen MR) is 108 cm³/mol. The fourth-order valence-corrected chi connectivity index (χ4v) is 3.12. The average Bonchev–Trinajstić information content (AvgIpc) is 3.48. The molecule has 0 saturated heterocycles. The van der Waals surface area contributed by atoms with Crippen LogP contribution >= 0.6 is 0 Å². The quantitative estimate of drug-likeness (QED) is 0.375. The van der Waals surface area contributed by atoms with Gasteiger partial charge < -0.3 is 15.8 Å². The highest BCUT2D eigenvalue weighted by Gasteiger charge is 2.25. The number of nitrogens with zero attached hydrogens (tertiary/aromatic N) is 7. The maximum Gasteiger partial charge on any atom is 0.318 e. The molecule has 0 atom stereocenters. The standard InChI is InChI=1S/C19H13N9O3/c20-16-17(26-31-25-16)28-15(10-6-2-1-3-7-10)14(23-27-28)19(30)24-22-13-11-8-4-5-9-12(11)21-18(13)29/h1-9,21,29H,(H2,20,25). The third-order valence-corrected chi connectivity index (χ3v) is 4.52. The Labute approximate surface area is 173 Å². The van der Waals surface area contributed by atoms with Crippen molar-refractivity contribution in [1.82, 2.24) is 30.3 Å². The summed E-state index contributed by atoms with van der Waals surface area (Å²) in [7, 11) is 0. The van der Waals surface area contributed by atoms with Crippen LogP contribution in [0.4, 0.5) is 11.5 Å². The Morgan fingerprint density at radius 3 is 2.65 bits per heavy atom. The number of amides is 1. The number of hydrogen-bond acceptors (Lipinski definition) is 9. The minimum Gasteiger partial charge on any atom is -0.493 e. The number of para-hydroxylation sites is 1. The van der Waals surface area contributed by atoms with Crippen molar-refractivity contribution >= 4 is 28.3 Å². The number of carbonyl (C=O) groups is 1. The lowest BCUT2D eigenvalue weighted by molar-refractivity contribution is 0.0991. The number of rotatable bonds is 4. The first-order valence-corrected chi connectivity index (χ1v) is 8.98. The molecule has 0 unspecified atom stereocenters. The molecule has 152 valence electrons. The van der Waals surface area contributed by atoms with Gasteiger partial charge in [0.1, 0.15) is 5.69 Å². The summed E-state index contributed by atoms with van der Waals surface area (Å²) < 4.78 is 5.88. The Balaban J connectivity index is 1.59.